The number of carbonyl (C=O) groups is 2. The fourth-order valence-corrected chi connectivity index (χ4v) is 2.15. The summed E-state index contributed by atoms with van der Waals surface area (Å²) in [6.45, 7) is 4.80. The molecule has 0 spiro atoms. The number of pyridine rings is 1. The Labute approximate surface area is 138 Å². The average molecular weight is 333 g/mol. The fourth-order valence-electron chi connectivity index (χ4n) is 2.15. The van der Waals surface area contributed by atoms with E-state index in [1.807, 2.05) is 13.8 Å². The molecular weight excluding hydrogens is 316 g/mol. The summed E-state index contributed by atoms with van der Waals surface area (Å²) in [6, 6.07) is 4.46. The molecule has 2 amide bonds. The Bertz CT molecular complexity index is 761. The molecule has 1 aromatic heterocycles. The lowest BCUT2D eigenvalue weighted by molar-refractivity contribution is 0.0772. The standard InChI is InChI=1S/C17H17F2N3O2/c1-3-22(4-2)17(24)12-7-11(9-20-10-12)16(23)21-13-5-6-14(18)15(19)8-13/h5-10H,3-4H2,1-2H3,(H,21,23). The Morgan fingerprint density at radius 2 is 1.71 bits per heavy atom. The first-order valence-electron chi connectivity index (χ1n) is 7.47. The minimum atomic E-state index is -1.06. The number of halogens is 2. The van der Waals surface area contributed by atoms with Gasteiger partial charge in [0.15, 0.2) is 11.6 Å². The molecule has 0 aliphatic carbocycles. The van der Waals surface area contributed by atoms with Crippen LogP contribution in [0.1, 0.15) is 34.6 Å². The van der Waals surface area contributed by atoms with Gasteiger partial charge in [-0.15, -0.1) is 0 Å². The second-order valence-electron chi connectivity index (χ2n) is 5.02. The van der Waals surface area contributed by atoms with Crippen molar-refractivity contribution in [1.82, 2.24) is 9.88 Å². The Morgan fingerprint density at radius 1 is 1.04 bits per heavy atom. The van der Waals surface area contributed by atoms with Crippen LogP contribution in [0.25, 0.3) is 0 Å². The van der Waals surface area contributed by atoms with Crippen molar-refractivity contribution in [1.29, 1.82) is 0 Å². The molecule has 0 radical (unpaired) electrons. The summed E-state index contributed by atoms with van der Waals surface area (Å²) in [5.74, 6) is -2.85. The van der Waals surface area contributed by atoms with Gasteiger partial charge in [0.05, 0.1) is 11.1 Å². The Morgan fingerprint density at radius 3 is 2.33 bits per heavy atom. The highest BCUT2D eigenvalue weighted by atomic mass is 19.2. The van der Waals surface area contributed by atoms with Crippen LogP contribution in [0.5, 0.6) is 0 Å². The van der Waals surface area contributed by atoms with Gasteiger partial charge < -0.3 is 10.2 Å². The van der Waals surface area contributed by atoms with Gasteiger partial charge in [0.1, 0.15) is 0 Å². The number of hydrogen-bond acceptors (Lipinski definition) is 3. The normalized spacial score (nSPS) is 10.3. The summed E-state index contributed by atoms with van der Waals surface area (Å²) in [5.41, 5.74) is 0.550. The van der Waals surface area contributed by atoms with Gasteiger partial charge in [-0.25, -0.2) is 8.78 Å². The van der Waals surface area contributed by atoms with E-state index in [9.17, 15) is 18.4 Å². The number of nitrogens with zero attached hydrogens (tertiary/aromatic N) is 2. The first-order chi connectivity index (χ1) is 11.5. The van der Waals surface area contributed by atoms with Crippen LogP contribution in [0, 0.1) is 11.6 Å². The zero-order valence-electron chi connectivity index (χ0n) is 13.3. The van der Waals surface area contributed by atoms with E-state index in [1.165, 1.54) is 24.5 Å². The third-order valence-electron chi connectivity index (χ3n) is 3.48. The summed E-state index contributed by atoms with van der Waals surface area (Å²) in [4.78, 5) is 30.0. The number of nitrogens with one attached hydrogen (secondary N) is 1. The van der Waals surface area contributed by atoms with Gasteiger partial charge in [-0.2, -0.15) is 0 Å². The summed E-state index contributed by atoms with van der Waals surface area (Å²) in [7, 11) is 0. The van der Waals surface area contributed by atoms with Crippen LogP contribution in [0.15, 0.2) is 36.7 Å². The molecule has 0 aliphatic heterocycles. The smallest absolute Gasteiger partial charge is 0.257 e. The molecule has 2 rings (SSSR count). The monoisotopic (exact) mass is 333 g/mol. The van der Waals surface area contributed by atoms with Crippen LogP contribution in [-0.4, -0.2) is 34.8 Å². The molecule has 0 saturated heterocycles. The number of hydrogen-bond donors (Lipinski definition) is 1. The van der Waals surface area contributed by atoms with Gasteiger partial charge in [0.2, 0.25) is 0 Å². The molecule has 126 valence electrons. The molecule has 24 heavy (non-hydrogen) atoms. The van der Waals surface area contributed by atoms with E-state index in [0.717, 1.165) is 12.1 Å². The average Bonchev–Trinajstić information content (AvgIpc) is 2.59. The number of aromatic nitrogens is 1. The lowest BCUT2D eigenvalue weighted by atomic mass is 10.1. The maximum Gasteiger partial charge on any atom is 0.257 e. The van der Waals surface area contributed by atoms with Crippen molar-refractivity contribution in [3.63, 3.8) is 0 Å². The summed E-state index contributed by atoms with van der Waals surface area (Å²) < 4.78 is 26.1. The van der Waals surface area contributed by atoms with Gasteiger partial charge >= 0.3 is 0 Å². The predicted molar refractivity (Wildman–Crippen MR) is 85.8 cm³/mol. The minimum absolute atomic E-state index is 0.111. The Hall–Kier alpha value is -2.83. The van der Waals surface area contributed by atoms with Crippen LogP contribution in [0.3, 0.4) is 0 Å². The van der Waals surface area contributed by atoms with Gasteiger partial charge in [0.25, 0.3) is 11.8 Å². The van der Waals surface area contributed by atoms with E-state index in [2.05, 4.69) is 10.3 Å². The van der Waals surface area contributed by atoms with Gasteiger partial charge in [0, 0.05) is 37.2 Å². The van der Waals surface area contributed by atoms with E-state index >= 15 is 0 Å². The Balaban J connectivity index is 2.19. The zero-order chi connectivity index (χ0) is 17.7. The first kappa shape index (κ1) is 17.5. The number of carbonyl (C=O) groups excluding carboxylic acids is 2. The van der Waals surface area contributed by atoms with Gasteiger partial charge in [-0.3, -0.25) is 14.6 Å². The van der Waals surface area contributed by atoms with Crippen molar-refractivity contribution in [3.05, 3.63) is 59.4 Å². The minimum Gasteiger partial charge on any atom is -0.339 e. The van der Waals surface area contributed by atoms with E-state index in [-0.39, 0.29) is 22.7 Å². The van der Waals surface area contributed by atoms with Crippen molar-refractivity contribution in [2.24, 2.45) is 0 Å². The number of rotatable bonds is 5. The molecule has 1 N–H and O–H groups in total. The van der Waals surface area contributed by atoms with Crippen LogP contribution in [0.2, 0.25) is 0 Å². The highest BCUT2D eigenvalue weighted by Crippen LogP contribution is 2.15. The zero-order valence-corrected chi connectivity index (χ0v) is 13.3. The molecule has 0 unspecified atom stereocenters. The molecule has 0 atom stereocenters. The summed E-state index contributed by atoms with van der Waals surface area (Å²) in [5, 5.41) is 2.44. The molecule has 0 bridgehead atoms. The lowest BCUT2D eigenvalue weighted by Gasteiger charge is -2.18. The van der Waals surface area contributed by atoms with Crippen LogP contribution < -0.4 is 5.32 Å². The van der Waals surface area contributed by atoms with E-state index in [4.69, 9.17) is 0 Å². The van der Waals surface area contributed by atoms with E-state index in [1.54, 1.807) is 4.90 Å². The molecule has 1 aromatic carbocycles. The second-order valence-corrected chi connectivity index (χ2v) is 5.02. The quantitative estimate of drug-likeness (QED) is 0.914. The molecule has 0 aliphatic rings. The molecule has 5 nitrogen and oxygen atoms in total. The van der Waals surface area contributed by atoms with Crippen molar-refractivity contribution in [2.45, 2.75) is 13.8 Å². The number of benzene rings is 1. The maximum atomic E-state index is 13.2. The van der Waals surface area contributed by atoms with E-state index in [0.29, 0.717) is 13.1 Å². The summed E-state index contributed by atoms with van der Waals surface area (Å²) >= 11 is 0. The molecule has 0 saturated carbocycles. The second kappa shape index (κ2) is 7.63. The largest absolute Gasteiger partial charge is 0.339 e. The molecule has 1 heterocycles. The van der Waals surface area contributed by atoms with Crippen molar-refractivity contribution >= 4 is 17.5 Å². The fraction of sp³-hybridized carbons (Fsp3) is 0.235. The van der Waals surface area contributed by atoms with Crippen LogP contribution in [0.4, 0.5) is 14.5 Å². The van der Waals surface area contributed by atoms with Crippen LogP contribution >= 0.6 is 0 Å². The number of amides is 2. The number of anilines is 1. The van der Waals surface area contributed by atoms with Crippen molar-refractivity contribution in [2.75, 3.05) is 18.4 Å². The van der Waals surface area contributed by atoms with Gasteiger partial charge in [-0.05, 0) is 32.0 Å². The SMILES string of the molecule is CCN(CC)C(=O)c1cncc(C(=O)Nc2ccc(F)c(F)c2)c1. The Kier molecular flexibility index (Phi) is 5.57. The van der Waals surface area contributed by atoms with Crippen molar-refractivity contribution < 1.29 is 18.4 Å². The highest BCUT2D eigenvalue weighted by molar-refractivity contribution is 6.05. The topological polar surface area (TPSA) is 62.3 Å². The molecular formula is C17H17F2N3O2. The maximum absolute atomic E-state index is 13.2. The van der Waals surface area contributed by atoms with Crippen LogP contribution in [-0.2, 0) is 0 Å². The molecule has 7 heteroatoms. The van der Waals surface area contributed by atoms with Crippen molar-refractivity contribution in [3.8, 4) is 0 Å². The predicted octanol–water partition coefficient (Wildman–Crippen LogP) is 3.09. The summed E-state index contributed by atoms with van der Waals surface area (Å²) in [6.07, 6.45) is 2.68. The first-order valence-corrected chi connectivity index (χ1v) is 7.47. The van der Waals surface area contributed by atoms with E-state index < -0.39 is 17.5 Å². The molecule has 0 fully saturated rings. The third kappa shape index (κ3) is 3.92. The highest BCUT2D eigenvalue weighted by Gasteiger charge is 2.16. The lowest BCUT2D eigenvalue weighted by Crippen LogP contribution is -2.30. The molecule has 2 aromatic rings. The van der Waals surface area contributed by atoms with Gasteiger partial charge in [-0.1, -0.05) is 0 Å². The third-order valence-corrected chi connectivity index (χ3v) is 3.48.